The van der Waals surface area contributed by atoms with E-state index in [9.17, 15) is 9.59 Å². The number of nitrogens with zero attached hydrogens (tertiary/aromatic N) is 2. The molecule has 3 heterocycles. The van der Waals surface area contributed by atoms with Crippen molar-refractivity contribution in [3.8, 4) is 0 Å². The van der Waals surface area contributed by atoms with Crippen molar-refractivity contribution in [1.82, 2.24) is 20.2 Å². The fourth-order valence-electron chi connectivity index (χ4n) is 2.29. The first-order valence-electron chi connectivity index (χ1n) is 6.15. The number of hydrogen-bond acceptors (Lipinski definition) is 5. The lowest BCUT2D eigenvalue weighted by Crippen LogP contribution is -2.46. The van der Waals surface area contributed by atoms with Crippen molar-refractivity contribution in [2.75, 3.05) is 26.2 Å². The minimum atomic E-state index is -0.182. The summed E-state index contributed by atoms with van der Waals surface area (Å²) < 4.78 is 0. The highest BCUT2D eigenvalue weighted by Gasteiger charge is 2.23. The number of H-pyrrole nitrogens is 1. The first kappa shape index (κ1) is 12.3. The number of amides is 1. The topological polar surface area (TPSA) is 78.1 Å². The van der Waals surface area contributed by atoms with Crippen LogP contribution in [-0.2, 0) is 0 Å². The van der Waals surface area contributed by atoms with Gasteiger partial charge < -0.3 is 15.2 Å². The van der Waals surface area contributed by atoms with Crippen LogP contribution in [-0.4, -0.2) is 47.0 Å². The first-order valence-corrected chi connectivity index (χ1v) is 6.97. The molecule has 1 aliphatic heterocycles. The Balaban J connectivity index is 2.05. The number of piperazine rings is 1. The second-order valence-corrected chi connectivity index (χ2v) is 5.51. The fourth-order valence-corrected chi connectivity index (χ4v) is 3.41. The third-order valence-corrected chi connectivity index (χ3v) is 4.52. The maximum absolute atomic E-state index is 12.5. The molecule has 0 aromatic carbocycles. The molecule has 1 aliphatic rings. The Hall–Kier alpha value is -1.73. The van der Waals surface area contributed by atoms with E-state index in [4.69, 9.17) is 0 Å². The standard InChI is InChI=1S/C12H14N4O2S/c1-7-8-10(17)14-6-15-11(8)19-9(7)12(18)16-4-2-13-3-5-16/h6,13H,2-5H2,1H3,(H,14,15,17). The number of aryl methyl sites for hydroxylation is 1. The van der Waals surface area contributed by atoms with Gasteiger partial charge in [-0.05, 0) is 12.5 Å². The number of fused-ring (bicyclic) bond motifs is 1. The van der Waals surface area contributed by atoms with Gasteiger partial charge in [0.15, 0.2) is 0 Å². The maximum Gasteiger partial charge on any atom is 0.264 e. The smallest absolute Gasteiger partial charge is 0.264 e. The van der Waals surface area contributed by atoms with Crippen LogP contribution in [0.3, 0.4) is 0 Å². The van der Waals surface area contributed by atoms with E-state index in [0.29, 0.717) is 28.2 Å². The normalized spacial score (nSPS) is 15.9. The summed E-state index contributed by atoms with van der Waals surface area (Å²) in [6.07, 6.45) is 1.37. The Bertz CT molecular complexity index is 685. The van der Waals surface area contributed by atoms with Gasteiger partial charge in [-0.15, -0.1) is 11.3 Å². The number of carbonyl (C=O) groups is 1. The van der Waals surface area contributed by atoms with Gasteiger partial charge in [-0.1, -0.05) is 0 Å². The lowest BCUT2D eigenvalue weighted by molar-refractivity contribution is 0.0740. The molecule has 0 bridgehead atoms. The summed E-state index contributed by atoms with van der Waals surface area (Å²) in [6.45, 7) is 4.85. The fraction of sp³-hybridized carbons (Fsp3) is 0.417. The van der Waals surface area contributed by atoms with Crippen LogP contribution in [0.2, 0.25) is 0 Å². The highest BCUT2D eigenvalue weighted by atomic mass is 32.1. The quantitative estimate of drug-likeness (QED) is 0.788. The Morgan fingerprint density at radius 2 is 2.16 bits per heavy atom. The number of rotatable bonds is 1. The second-order valence-electron chi connectivity index (χ2n) is 4.51. The molecule has 0 atom stereocenters. The summed E-state index contributed by atoms with van der Waals surface area (Å²) in [5.74, 6) is 0.00130. The van der Waals surface area contributed by atoms with Crippen molar-refractivity contribution in [2.24, 2.45) is 0 Å². The monoisotopic (exact) mass is 278 g/mol. The van der Waals surface area contributed by atoms with Crippen molar-refractivity contribution in [2.45, 2.75) is 6.92 Å². The van der Waals surface area contributed by atoms with Gasteiger partial charge in [-0.2, -0.15) is 0 Å². The van der Waals surface area contributed by atoms with Crippen LogP contribution in [0.4, 0.5) is 0 Å². The number of thiophene rings is 1. The molecule has 2 aromatic heterocycles. The van der Waals surface area contributed by atoms with E-state index in [1.54, 1.807) is 0 Å². The zero-order valence-electron chi connectivity index (χ0n) is 10.5. The van der Waals surface area contributed by atoms with Crippen LogP contribution >= 0.6 is 11.3 Å². The molecule has 0 aliphatic carbocycles. The Morgan fingerprint density at radius 3 is 2.84 bits per heavy atom. The molecule has 0 unspecified atom stereocenters. The average molecular weight is 278 g/mol. The number of aromatic nitrogens is 2. The number of hydrogen-bond donors (Lipinski definition) is 2. The molecule has 0 saturated carbocycles. The minimum absolute atomic E-state index is 0.00130. The molecule has 2 N–H and O–H groups in total. The maximum atomic E-state index is 12.5. The SMILES string of the molecule is Cc1c(C(=O)N2CCNCC2)sc2nc[nH]c(=O)c12. The molecule has 0 radical (unpaired) electrons. The van der Waals surface area contributed by atoms with E-state index in [2.05, 4.69) is 15.3 Å². The summed E-state index contributed by atoms with van der Waals surface area (Å²) in [7, 11) is 0. The molecule has 1 fully saturated rings. The van der Waals surface area contributed by atoms with Gasteiger partial charge in [0.2, 0.25) is 0 Å². The van der Waals surface area contributed by atoms with Gasteiger partial charge in [0.05, 0.1) is 16.6 Å². The summed E-state index contributed by atoms with van der Waals surface area (Å²) >= 11 is 1.30. The van der Waals surface area contributed by atoms with E-state index in [0.717, 1.165) is 18.7 Å². The van der Waals surface area contributed by atoms with E-state index >= 15 is 0 Å². The van der Waals surface area contributed by atoms with Crippen molar-refractivity contribution in [3.05, 3.63) is 27.1 Å². The molecule has 7 heteroatoms. The summed E-state index contributed by atoms with van der Waals surface area (Å²) in [5.41, 5.74) is 0.552. The van der Waals surface area contributed by atoms with Gasteiger partial charge in [-0.25, -0.2) is 4.98 Å². The van der Waals surface area contributed by atoms with E-state index < -0.39 is 0 Å². The zero-order valence-corrected chi connectivity index (χ0v) is 11.3. The Kier molecular flexibility index (Phi) is 3.08. The van der Waals surface area contributed by atoms with Crippen LogP contribution in [0.25, 0.3) is 10.2 Å². The summed E-state index contributed by atoms with van der Waals surface area (Å²) in [4.78, 5) is 34.0. The summed E-state index contributed by atoms with van der Waals surface area (Å²) in [5, 5.41) is 3.75. The lowest BCUT2D eigenvalue weighted by atomic mass is 10.2. The second kappa shape index (κ2) is 4.75. The van der Waals surface area contributed by atoms with E-state index in [1.165, 1.54) is 17.7 Å². The first-order chi connectivity index (χ1) is 9.18. The molecule has 6 nitrogen and oxygen atoms in total. The molecule has 1 saturated heterocycles. The zero-order chi connectivity index (χ0) is 13.4. The lowest BCUT2D eigenvalue weighted by Gasteiger charge is -2.27. The van der Waals surface area contributed by atoms with Crippen LogP contribution in [0, 0.1) is 6.92 Å². The van der Waals surface area contributed by atoms with Crippen LogP contribution in [0.15, 0.2) is 11.1 Å². The Morgan fingerprint density at radius 1 is 1.42 bits per heavy atom. The predicted molar refractivity (Wildman–Crippen MR) is 73.8 cm³/mol. The van der Waals surface area contributed by atoms with Gasteiger partial charge in [0, 0.05) is 26.2 Å². The van der Waals surface area contributed by atoms with Crippen molar-refractivity contribution in [1.29, 1.82) is 0 Å². The largest absolute Gasteiger partial charge is 0.335 e. The third kappa shape index (κ3) is 2.04. The number of nitrogens with one attached hydrogen (secondary N) is 2. The van der Waals surface area contributed by atoms with E-state index in [1.807, 2.05) is 11.8 Å². The number of carbonyl (C=O) groups excluding carboxylic acids is 1. The van der Waals surface area contributed by atoms with Gasteiger partial charge >= 0.3 is 0 Å². The van der Waals surface area contributed by atoms with E-state index in [-0.39, 0.29) is 11.5 Å². The Labute approximate surface area is 113 Å². The van der Waals surface area contributed by atoms with Crippen LogP contribution in [0.1, 0.15) is 15.2 Å². The molecular weight excluding hydrogens is 264 g/mol. The predicted octanol–water partition coefficient (Wildman–Crippen LogP) is 0.338. The van der Waals surface area contributed by atoms with Gasteiger partial charge in [0.1, 0.15) is 4.83 Å². The van der Waals surface area contributed by atoms with Gasteiger partial charge in [-0.3, -0.25) is 9.59 Å². The van der Waals surface area contributed by atoms with Crippen LogP contribution < -0.4 is 10.9 Å². The molecule has 2 aromatic rings. The third-order valence-electron chi connectivity index (χ3n) is 3.33. The molecule has 3 rings (SSSR count). The van der Waals surface area contributed by atoms with Crippen molar-refractivity contribution >= 4 is 27.5 Å². The average Bonchev–Trinajstić information content (AvgIpc) is 2.78. The number of aromatic amines is 1. The van der Waals surface area contributed by atoms with Crippen molar-refractivity contribution < 1.29 is 4.79 Å². The molecule has 1 amide bonds. The minimum Gasteiger partial charge on any atom is -0.335 e. The molecular formula is C12H14N4O2S. The highest BCUT2D eigenvalue weighted by molar-refractivity contribution is 7.20. The van der Waals surface area contributed by atoms with Crippen molar-refractivity contribution in [3.63, 3.8) is 0 Å². The van der Waals surface area contributed by atoms with Gasteiger partial charge in [0.25, 0.3) is 11.5 Å². The summed E-state index contributed by atoms with van der Waals surface area (Å²) in [6, 6.07) is 0. The highest BCUT2D eigenvalue weighted by Crippen LogP contribution is 2.27. The van der Waals surface area contributed by atoms with Crippen LogP contribution in [0.5, 0.6) is 0 Å². The molecule has 100 valence electrons. The molecule has 0 spiro atoms. The molecule has 19 heavy (non-hydrogen) atoms.